The van der Waals surface area contributed by atoms with Crippen LogP contribution in [0.5, 0.6) is 0 Å². The minimum atomic E-state index is -0.449. The van der Waals surface area contributed by atoms with Crippen molar-refractivity contribution >= 4 is 11.9 Å². The van der Waals surface area contributed by atoms with Crippen molar-refractivity contribution in [2.45, 2.75) is 27.2 Å². The molecule has 4 heteroatoms. The number of allylic oxidation sites excluding steroid dienone is 3. The van der Waals surface area contributed by atoms with E-state index in [1.165, 1.54) is 14.2 Å². The van der Waals surface area contributed by atoms with Crippen molar-refractivity contribution in [3.63, 3.8) is 0 Å². The molecule has 0 amide bonds. The number of methoxy groups -OCH3 is 2. The summed E-state index contributed by atoms with van der Waals surface area (Å²) in [5, 5.41) is 0. The van der Waals surface area contributed by atoms with Crippen LogP contribution in [0.4, 0.5) is 0 Å². The summed E-state index contributed by atoms with van der Waals surface area (Å²) in [4.78, 5) is 22.8. The maximum Gasteiger partial charge on any atom is 0.312 e. The molecule has 0 heterocycles. The van der Waals surface area contributed by atoms with Crippen LogP contribution >= 0.6 is 0 Å². The Hall–Kier alpha value is -1.58. The Morgan fingerprint density at radius 3 is 2.24 bits per heavy atom. The van der Waals surface area contributed by atoms with Gasteiger partial charge in [0.15, 0.2) is 0 Å². The molecule has 0 aliphatic carbocycles. The number of hydrogen-bond acceptors (Lipinski definition) is 4. The van der Waals surface area contributed by atoms with Crippen molar-refractivity contribution < 1.29 is 19.1 Å². The van der Waals surface area contributed by atoms with Gasteiger partial charge in [-0.3, -0.25) is 9.59 Å². The zero-order valence-corrected chi connectivity index (χ0v) is 11.1. The van der Waals surface area contributed by atoms with Crippen LogP contribution in [0.1, 0.15) is 27.2 Å². The first-order chi connectivity index (χ1) is 7.97. The summed E-state index contributed by atoms with van der Waals surface area (Å²) in [5.74, 6) is -1.16. The van der Waals surface area contributed by atoms with Crippen LogP contribution < -0.4 is 0 Å². The predicted molar refractivity (Wildman–Crippen MR) is 65.3 cm³/mol. The second-order valence-corrected chi connectivity index (χ2v) is 3.71. The first-order valence-electron chi connectivity index (χ1n) is 5.44. The molecular formula is C13H20O4. The SMILES string of the molecule is C/C=C/C(C)=C(\CC(=O)OC)C(C)C(=O)OC. The third-order valence-electron chi connectivity index (χ3n) is 2.56. The van der Waals surface area contributed by atoms with E-state index >= 15 is 0 Å². The Kier molecular flexibility index (Phi) is 6.94. The highest BCUT2D eigenvalue weighted by Gasteiger charge is 2.22. The van der Waals surface area contributed by atoms with Gasteiger partial charge in [-0.1, -0.05) is 17.7 Å². The van der Waals surface area contributed by atoms with Crippen LogP contribution in [0, 0.1) is 5.92 Å². The van der Waals surface area contributed by atoms with E-state index in [0.717, 1.165) is 11.1 Å². The van der Waals surface area contributed by atoms with Gasteiger partial charge >= 0.3 is 11.9 Å². The average molecular weight is 240 g/mol. The Labute approximate surface area is 102 Å². The molecule has 17 heavy (non-hydrogen) atoms. The highest BCUT2D eigenvalue weighted by molar-refractivity contribution is 5.80. The molecule has 96 valence electrons. The van der Waals surface area contributed by atoms with Crippen molar-refractivity contribution in [2.24, 2.45) is 5.92 Å². The summed E-state index contributed by atoms with van der Waals surface area (Å²) in [6.45, 7) is 5.46. The van der Waals surface area contributed by atoms with E-state index in [1.807, 2.05) is 26.0 Å². The number of rotatable bonds is 5. The van der Waals surface area contributed by atoms with Crippen molar-refractivity contribution in [1.29, 1.82) is 0 Å². The van der Waals surface area contributed by atoms with Gasteiger partial charge in [0.1, 0.15) is 0 Å². The highest BCUT2D eigenvalue weighted by Crippen LogP contribution is 2.21. The molecule has 0 rings (SSSR count). The van der Waals surface area contributed by atoms with Gasteiger partial charge in [0.05, 0.1) is 26.6 Å². The monoisotopic (exact) mass is 240 g/mol. The lowest BCUT2D eigenvalue weighted by Gasteiger charge is -2.15. The third kappa shape index (κ3) is 4.85. The molecule has 0 aromatic carbocycles. The maximum atomic E-state index is 11.5. The largest absolute Gasteiger partial charge is 0.469 e. The molecule has 0 N–H and O–H groups in total. The number of esters is 2. The normalized spacial score (nSPS) is 14.2. The quantitative estimate of drug-likeness (QED) is 0.546. The first-order valence-corrected chi connectivity index (χ1v) is 5.44. The number of carbonyl (C=O) groups excluding carboxylic acids is 2. The minimum absolute atomic E-state index is 0.100. The second kappa shape index (κ2) is 7.65. The zero-order chi connectivity index (χ0) is 13.4. The minimum Gasteiger partial charge on any atom is -0.469 e. The summed E-state index contributed by atoms with van der Waals surface area (Å²) in [7, 11) is 2.66. The Bertz CT molecular complexity index is 339. The van der Waals surface area contributed by atoms with Gasteiger partial charge in [-0.2, -0.15) is 0 Å². The topological polar surface area (TPSA) is 52.6 Å². The van der Waals surface area contributed by atoms with E-state index in [4.69, 9.17) is 0 Å². The van der Waals surface area contributed by atoms with Crippen molar-refractivity contribution in [1.82, 2.24) is 0 Å². The van der Waals surface area contributed by atoms with Gasteiger partial charge in [0, 0.05) is 0 Å². The van der Waals surface area contributed by atoms with E-state index in [0.29, 0.717) is 0 Å². The van der Waals surface area contributed by atoms with Crippen molar-refractivity contribution in [3.8, 4) is 0 Å². The molecule has 0 aromatic rings. The van der Waals surface area contributed by atoms with E-state index in [9.17, 15) is 9.59 Å². The summed E-state index contributed by atoms with van der Waals surface area (Å²) in [5.41, 5.74) is 1.61. The zero-order valence-electron chi connectivity index (χ0n) is 11.1. The van der Waals surface area contributed by atoms with Crippen LogP contribution in [0.25, 0.3) is 0 Å². The molecule has 0 radical (unpaired) electrons. The lowest BCUT2D eigenvalue weighted by atomic mass is 9.93. The lowest BCUT2D eigenvalue weighted by Crippen LogP contribution is -2.18. The van der Waals surface area contributed by atoms with E-state index in [1.54, 1.807) is 6.92 Å². The fourth-order valence-corrected chi connectivity index (χ4v) is 1.54. The number of carbonyl (C=O) groups is 2. The Balaban J connectivity index is 5.17. The fourth-order valence-electron chi connectivity index (χ4n) is 1.54. The highest BCUT2D eigenvalue weighted by atomic mass is 16.5. The van der Waals surface area contributed by atoms with Gasteiger partial charge < -0.3 is 9.47 Å². The first kappa shape index (κ1) is 15.4. The molecule has 0 aliphatic rings. The molecule has 0 bridgehead atoms. The molecule has 0 aliphatic heterocycles. The molecular weight excluding hydrogens is 220 g/mol. The fraction of sp³-hybridized carbons (Fsp3) is 0.538. The summed E-state index contributed by atoms with van der Waals surface area (Å²) < 4.78 is 9.31. The van der Waals surface area contributed by atoms with Crippen LogP contribution in [-0.4, -0.2) is 26.2 Å². The Morgan fingerprint density at radius 2 is 1.82 bits per heavy atom. The van der Waals surface area contributed by atoms with Crippen LogP contribution in [0.15, 0.2) is 23.3 Å². The van der Waals surface area contributed by atoms with E-state index in [-0.39, 0.29) is 18.4 Å². The molecule has 0 saturated heterocycles. The summed E-state index contributed by atoms with van der Waals surface area (Å²) >= 11 is 0. The summed E-state index contributed by atoms with van der Waals surface area (Å²) in [6.07, 6.45) is 3.82. The smallest absolute Gasteiger partial charge is 0.312 e. The molecule has 0 spiro atoms. The standard InChI is InChI=1S/C13H20O4/c1-6-7-9(2)11(8-12(14)16-4)10(3)13(15)17-5/h6-7,10H,8H2,1-5H3/b7-6+,11-9+. The molecule has 1 unspecified atom stereocenters. The van der Waals surface area contributed by atoms with Crippen LogP contribution in [0.3, 0.4) is 0 Å². The van der Waals surface area contributed by atoms with Gasteiger partial charge in [0.25, 0.3) is 0 Å². The molecule has 4 nitrogen and oxygen atoms in total. The van der Waals surface area contributed by atoms with Crippen LogP contribution in [0.2, 0.25) is 0 Å². The molecule has 1 atom stereocenters. The van der Waals surface area contributed by atoms with Gasteiger partial charge in [-0.15, -0.1) is 0 Å². The molecule has 0 aromatic heterocycles. The molecule has 0 saturated carbocycles. The average Bonchev–Trinajstić information content (AvgIpc) is 2.33. The van der Waals surface area contributed by atoms with E-state index < -0.39 is 5.92 Å². The molecule has 0 fully saturated rings. The maximum absolute atomic E-state index is 11.5. The van der Waals surface area contributed by atoms with Gasteiger partial charge in [0.2, 0.25) is 0 Å². The van der Waals surface area contributed by atoms with E-state index in [2.05, 4.69) is 9.47 Å². The van der Waals surface area contributed by atoms with Crippen LogP contribution in [-0.2, 0) is 19.1 Å². The second-order valence-electron chi connectivity index (χ2n) is 3.71. The Morgan fingerprint density at radius 1 is 1.24 bits per heavy atom. The predicted octanol–water partition coefficient (Wildman–Crippen LogP) is 2.25. The van der Waals surface area contributed by atoms with Gasteiger partial charge in [-0.25, -0.2) is 0 Å². The third-order valence-corrected chi connectivity index (χ3v) is 2.56. The number of ether oxygens (including phenoxy) is 2. The van der Waals surface area contributed by atoms with Crippen molar-refractivity contribution in [2.75, 3.05) is 14.2 Å². The van der Waals surface area contributed by atoms with Crippen molar-refractivity contribution in [3.05, 3.63) is 23.3 Å². The summed E-state index contributed by atoms with van der Waals surface area (Å²) in [6, 6.07) is 0. The van der Waals surface area contributed by atoms with Gasteiger partial charge in [-0.05, 0) is 26.3 Å². The number of hydrogen-bond donors (Lipinski definition) is 0. The lowest BCUT2D eigenvalue weighted by molar-refractivity contribution is -0.144.